The van der Waals surface area contributed by atoms with Crippen molar-refractivity contribution in [1.29, 1.82) is 0 Å². The van der Waals surface area contributed by atoms with E-state index in [0.717, 1.165) is 0 Å². The van der Waals surface area contributed by atoms with E-state index in [9.17, 15) is 0 Å². The second-order valence-electron chi connectivity index (χ2n) is 3.58. The molecule has 0 aliphatic heterocycles. The molecule has 100 valence electrons. The van der Waals surface area contributed by atoms with Gasteiger partial charge in [-0.05, 0) is 24.3 Å². The van der Waals surface area contributed by atoms with Crippen LogP contribution in [0.15, 0.2) is 43.8 Å². The summed E-state index contributed by atoms with van der Waals surface area (Å²) in [6.45, 7) is 0. The average Bonchev–Trinajstić information content (AvgIpc) is 2.25. The third-order valence-corrected chi connectivity index (χ3v) is 5.62. The summed E-state index contributed by atoms with van der Waals surface area (Å²) in [7, 11) is 0. The van der Waals surface area contributed by atoms with Crippen molar-refractivity contribution in [3.05, 3.63) is 44.4 Å². The minimum absolute atomic E-state index is 0.504. The first-order valence-corrected chi connectivity index (χ1v) is 8.14. The molecule has 0 saturated carbocycles. The van der Waals surface area contributed by atoms with Crippen LogP contribution in [-0.4, -0.2) is 0 Å². The zero-order valence-electron chi connectivity index (χ0n) is 9.12. The van der Waals surface area contributed by atoms with Gasteiger partial charge in [-0.1, -0.05) is 58.2 Å². The lowest BCUT2D eigenvalue weighted by atomic mass is 10.3. The Morgan fingerprint density at radius 3 is 1.16 bits per heavy atom. The molecule has 0 atom stereocenters. The van der Waals surface area contributed by atoms with E-state index in [4.69, 9.17) is 46.4 Å². The van der Waals surface area contributed by atoms with E-state index in [2.05, 4.69) is 25.3 Å². The molecule has 0 spiro atoms. The van der Waals surface area contributed by atoms with Crippen molar-refractivity contribution in [3.8, 4) is 0 Å². The van der Waals surface area contributed by atoms with E-state index in [-0.39, 0.29) is 0 Å². The predicted octanol–water partition coefficient (Wildman–Crippen LogP) is 7.03. The van der Waals surface area contributed by atoms with Crippen LogP contribution in [0.5, 0.6) is 0 Å². The van der Waals surface area contributed by atoms with Crippen LogP contribution in [0.3, 0.4) is 0 Å². The van der Waals surface area contributed by atoms with Gasteiger partial charge in [0, 0.05) is 19.6 Å². The van der Waals surface area contributed by atoms with Crippen LogP contribution in [0.4, 0.5) is 0 Å². The molecular formula is C12H6Cl4S3. The Kier molecular flexibility index (Phi) is 5.58. The van der Waals surface area contributed by atoms with Gasteiger partial charge in [0.2, 0.25) is 0 Å². The van der Waals surface area contributed by atoms with Crippen molar-refractivity contribution < 1.29 is 0 Å². The third-order valence-electron chi connectivity index (χ3n) is 2.17. The van der Waals surface area contributed by atoms with E-state index in [1.54, 1.807) is 24.3 Å². The number of hydrogen-bond acceptors (Lipinski definition) is 3. The summed E-state index contributed by atoms with van der Waals surface area (Å²) in [5.74, 6) is 0. The molecule has 0 nitrogen and oxygen atoms in total. The fraction of sp³-hybridized carbons (Fsp3) is 0. The molecule has 0 heterocycles. The maximum Gasteiger partial charge on any atom is 0.0571 e. The molecule has 0 amide bonds. The molecule has 0 aliphatic rings. The summed E-state index contributed by atoms with van der Waals surface area (Å²) in [5, 5.41) is 2.02. The first kappa shape index (κ1) is 16.0. The predicted molar refractivity (Wildman–Crippen MR) is 91.6 cm³/mol. The maximum atomic E-state index is 6.17. The summed E-state index contributed by atoms with van der Waals surface area (Å²) in [5.41, 5.74) is 0. The van der Waals surface area contributed by atoms with Crippen LogP contribution in [-0.2, 0) is 0 Å². The van der Waals surface area contributed by atoms with Gasteiger partial charge in [0.25, 0.3) is 0 Å². The molecule has 0 unspecified atom stereocenters. The molecule has 2 aromatic carbocycles. The molecule has 0 aromatic heterocycles. The van der Waals surface area contributed by atoms with Gasteiger partial charge in [0.1, 0.15) is 0 Å². The smallest absolute Gasteiger partial charge is 0.0571 e. The second kappa shape index (κ2) is 6.61. The Bertz CT molecular complexity index is 541. The van der Waals surface area contributed by atoms with Gasteiger partial charge in [-0.2, -0.15) is 0 Å². The standard InChI is InChI=1S/C12H6Cl4S3/c13-7-1-5(17)2-8(14)11(7)19-12-9(15)3-6(18)4-10(12)16/h1-4,17-18H. The van der Waals surface area contributed by atoms with Crippen molar-refractivity contribution in [1.82, 2.24) is 0 Å². The fourth-order valence-corrected chi connectivity index (χ4v) is 4.48. The fourth-order valence-electron chi connectivity index (χ4n) is 1.39. The highest BCUT2D eigenvalue weighted by atomic mass is 35.5. The SMILES string of the molecule is Sc1cc(Cl)c(Sc2c(Cl)cc(S)cc2Cl)c(Cl)c1. The van der Waals surface area contributed by atoms with E-state index in [1.807, 2.05) is 0 Å². The van der Waals surface area contributed by atoms with Gasteiger partial charge >= 0.3 is 0 Å². The lowest BCUT2D eigenvalue weighted by molar-refractivity contribution is 1.32. The quantitative estimate of drug-likeness (QED) is 0.521. The zero-order chi connectivity index (χ0) is 14.2. The van der Waals surface area contributed by atoms with Gasteiger partial charge in [0.15, 0.2) is 0 Å². The van der Waals surface area contributed by atoms with Gasteiger partial charge in [-0.25, -0.2) is 0 Å². The number of halogens is 4. The van der Waals surface area contributed by atoms with E-state index in [1.165, 1.54) is 11.8 Å². The summed E-state index contributed by atoms with van der Waals surface area (Å²) in [4.78, 5) is 2.78. The molecule has 0 saturated heterocycles. The molecule has 0 N–H and O–H groups in total. The number of rotatable bonds is 2. The second-order valence-corrected chi connectivity index (χ2v) is 7.26. The Hall–Kier alpha value is 0.650. The monoisotopic (exact) mass is 386 g/mol. The van der Waals surface area contributed by atoms with Crippen molar-refractivity contribution in [3.63, 3.8) is 0 Å². The summed E-state index contributed by atoms with van der Waals surface area (Å²) >= 11 is 34.4. The first-order valence-electron chi connectivity index (χ1n) is 4.92. The van der Waals surface area contributed by atoms with Crippen molar-refractivity contribution >= 4 is 83.4 Å². The number of thiol groups is 2. The molecule has 0 bridgehead atoms. The van der Waals surface area contributed by atoms with Crippen LogP contribution < -0.4 is 0 Å². The van der Waals surface area contributed by atoms with Crippen LogP contribution in [0.25, 0.3) is 0 Å². The molecule has 0 radical (unpaired) electrons. The summed E-state index contributed by atoms with van der Waals surface area (Å²) < 4.78 is 0. The van der Waals surface area contributed by atoms with Gasteiger partial charge in [0.05, 0.1) is 20.1 Å². The van der Waals surface area contributed by atoms with E-state index in [0.29, 0.717) is 39.7 Å². The normalized spacial score (nSPS) is 10.8. The Morgan fingerprint density at radius 2 is 0.895 bits per heavy atom. The highest BCUT2D eigenvalue weighted by Crippen LogP contribution is 2.45. The highest BCUT2D eigenvalue weighted by molar-refractivity contribution is 7.99. The molecule has 19 heavy (non-hydrogen) atoms. The Balaban J connectivity index is 2.48. The third kappa shape index (κ3) is 3.85. The molecule has 7 heteroatoms. The molecule has 0 fully saturated rings. The average molecular weight is 388 g/mol. The van der Waals surface area contributed by atoms with Crippen LogP contribution in [0, 0.1) is 0 Å². The summed E-state index contributed by atoms with van der Waals surface area (Å²) in [6, 6.07) is 6.86. The number of benzene rings is 2. The van der Waals surface area contributed by atoms with Crippen molar-refractivity contribution in [2.24, 2.45) is 0 Å². The van der Waals surface area contributed by atoms with Crippen LogP contribution >= 0.6 is 83.4 Å². The van der Waals surface area contributed by atoms with E-state index >= 15 is 0 Å². The highest BCUT2D eigenvalue weighted by Gasteiger charge is 2.14. The number of hydrogen-bond donors (Lipinski definition) is 2. The topological polar surface area (TPSA) is 0 Å². The van der Waals surface area contributed by atoms with Gasteiger partial charge < -0.3 is 0 Å². The Morgan fingerprint density at radius 1 is 0.632 bits per heavy atom. The minimum Gasteiger partial charge on any atom is -0.143 e. The van der Waals surface area contributed by atoms with E-state index < -0.39 is 0 Å². The van der Waals surface area contributed by atoms with Gasteiger partial charge in [-0.15, -0.1) is 25.3 Å². The zero-order valence-corrected chi connectivity index (χ0v) is 14.8. The van der Waals surface area contributed by atoms with Crippen molar-refractivity contribution in [2.45, 2.75) is 19.6 Å². The lowest BCUT2D eigenvalue weighted by Crippen LogP contribution is -1.83. The molecule has 2 aromatic rings. The lowest BCUT2D eigenvalue weighted by Gasteiger charge is -2.11. The minimum atomic E-state index is 0.504. The Labute approximate surface area is 146 Å². The van der Waals surface area contributed by atoms with Crippen LogP contribution in [0.1, 0.15) is 0 Å². The largest absolute Gasteiger partial charge is 0.143 e. The van der Waals surface area contributed by atoms with Gasteiger partial charge in [-0.3, -0.25) is 0 Å². The maximum absolute atomic E-state index is 6.17. The summed E-state index contributed by atoms with van der Waals surface area (Å²) in [6.07, 6.45) is 0. The molecular weight excluding hydrogens is 382 g/mol. The van der Waals surface area contributed by atoms with Crippen LogP contribution in [0.2, 0.25) is 20.1 Å². The molecule has 2 rings (SSSR count). The van der Waals surface area contributed by atoms with Crippen molar-refractivity contribution in [2.75, 3.05) is 0 Å². The molecule has 0 aliphatic carbocycles. The first-order chi connectivity index (χ1) is 8.88.